The second-order valence-corrected chi connectivity index (χ2v) is 8.15. The number of likely N-dealkylation sites (tertiary alicyclic amines) is 2. The highest BCUT2D eigenvalue weighted by molar-refractivity contribution is 6.30. The molecule has 134 valence electrons. The molecule has 1 saturated carbocycles. The summed E-state index contributed by atoms with van der Waals surface area (Å²) in [5, 5.41) is 3.62. The molecule has 2 aliphatic heterocycles. The molecule has 1 atom stereocenters. The van der Waals surface area contributed by atoms with Crippen LogP contribution in [-0.2, 0) is 4.79 Å². The second kappa shape index (κ2) is 6.52. The molecule has 2 heterocycles. The van der Waals surface area contributed by atoms with Crippen LogP contribution in [0.2, 0.25) is 5.02 Å². The summed E-state index contributed by atoms with van der Waals surface area (Å²) in [6, 6.07) is 7.58. The molecule has 4 rings (SSSR count). The number of halogens is 1. The van der Waals surface area contributed by atoms with Crippen molar-refractivity contribution >= 4 is 29.2 Å². The van der Waals surface area contributed by atoms with Crippen molar-refractivity contribution in [2.24, 2.45) is 5.41 Å². The van der Waals surface area contributed by atoms with Crippen molar-refractivity contribution in [2.45, 2.75) is 44.6 Å². The highest BCUT2D eigenvalue weighted by Crippen LogP contribution is 2.42. The zero-order valence-corrected chi connectivity index (χ0v) is 15.1. The third-order valence-electron chi connectivity index (χ3n) is 5.73. The van der Waals surface area contributed by atoms with Crippen molar-refractivity contribution in [3.05, 3.63) is 29.3 Å². The van der Waals surface area contributed by atoms with E-state index in [-0.39, 0.29) is 11.4 Å². The van der Waals surface area contributed by atoms with Crippen LogP contribution in [-0.4, -0.2) is 47.4 Å². The highest BCUT2D eigenvalue weighted by Gasteiger charge is 2.46. The van der Waals surface area contributed by atoms with E-state index in [2.05, 4.69) is 10.2 Å². The van der Waals surface area contributed by atoms with Gasteiger partial charge in [0.05, 0.1) is 0 Å². The zero-order chi connectivity index (χ0) is 17.4. The number of piperidine rings is 2. The van der Waals surface area contributed by atoms with E-state index in [1.165, 1.54) is 0 Å². The van der Waals surface area contributed by atoms with Gasteiger partial charge in [-0.15, -0.1) is 0 Å². The number of carbonyl (C=O) groups excluding carboxylic acids is 2. The number of nitrogens with one attached hydrogen (secondary N) is 1. The molecule has 3 aliphatic rings. The molecule has 3 fully saturated rings. The second-order valence-electron chi connectivity index (χ2n) is 7.71. The number of urea groups is 1. The Balaban J connectivity index is 1.42. The van der Waals surface area contributed by atoms with E-state index in [1.54, 1.807) is 12.1 Å². The number of hydrogen-bond donors (Lipinski definition) is 1. The lowest BCUT2D eigenvalue weighted by Gasteiger charge is -2.48. The van der Waals surface area contributed by atoms with Crippen molar-refractivity contribution < 1.29 is 9.59 Å². The van der Waals surface area contributed by atoms with Gasteiger partial charge < -0.3 is 15.1 Å². The minimum atomic E-state index is -0.0590. The van der Waals surface area contributed by atoms with Crippen molar-refractivity contribution in [2.75, 3.05) is 25.0 Å². The van der Waals surface area contributed by atoms with E-state index in [1.807, 2.05) is 17.0 Å². The van der Waals surface area contributed by atoms with Crippen LogP contribution in [0.1, 0.15) is 38.5 Å². The summed E-state index contributed by atoms with van der Waals surface area (Å²) in [5.74, 6) is 0.302. The van der Waals surface area contributed by atoms with E-state index in [0.717, 1.165) is 57.4 Å². The zero-order valence-electron chi connectivity index (χ0n) is 14.3. The molecular weight excluding hydrogens is 338 g/mol. The Hall–Kier alpha value is -1.75. The van der Waals surface area contributed by atoms with E-state index in [4.69, 9.17) is 11.6 Å². The molecule has 1 aromatic carbocycles. The number of benzene rings is 1. The average Bonchev–Trinajstić information content (AvgIpc) is 3.44. The maximum atomic E-state index is 12.7. The first kappa shape index (κ1) is 16.7. The number of hydrogen-bond acceptors (Lipinski definition) is 2. The molecule has 0 aromatic heterocycles. The lowest BCUT2D eigenvalue weighted by atomic mass is 9.73. The molecule has 0 bridgehead atoms. The third-order valence-corrected chi connectivity index (χ3v) is 5.98. The first-order chi connectivity index (χ1) is 12.0. The van der Waals surface area contributed by atoms with Gasteiger partial charge >= 0.3 is 6.03 Å². The Bertz CT molecular complexity index is 674. The summed E-state index contributed by atoms with van der Waals surface area (Å²) in [5.41, 5.74) is 0.832. The van der Waals surface area contributed by atoms with Gasteiger partial charge in [0.15, 0.2) is 0 Å². The van der Waals surface area contributed by atoms with Gasteiger partial charge in [0.25, 0.3) is 0 Å². The Morgan fingerprint density at radius 2 is 1.92 bits per heavy atom. The summed E-state index contributed by atoms with van der Waals surface area (Å²) < 4.78 is 0. The molecular formula is C19H24ClN3O2. The molecule has 0 radical (unpaired) electrons. The normalized spacial score (nSPS) is 26.8. The first-order valence-electron chi connectivity index (χ1n) is 9.16. The Morgan fingerprint density at radius 3 is 2.64 bits per heavy atom. The molecule has 5 nitrogen and oxygen atoms in total. The van der Waals surface area contributed by atoms with Crippen LogP contribution in [0.15, 0.2) is 24.3 Å². The quantitative estimate of drug-likeness (QED) is 0.872. The Labute approximate surface area is 153 Å². The van der Waals surface area contributed by atoms with E-state index in [0.29, 0.717) is 23.4 Å². The number of anilines is 1. The van der Waals surface area contributed by atoms with Crippen LogP contribution < -0.4 is 5.32 Å². The molecule has 1 unspecified atom stereocenters. The molecule has 6 heteroatoms. The summed E-state index contributed by atoms with van der Waals surface area (Å²) in [6.07, 6.45) is 5.92. The minimum Gasteiger partial charge on any atom is -0.339 e. The highest BCUT2D eigenvalue weighted by atomic mass is 35.5. The van der Waals surface area contributed by atoms with Gasteiger partial charge in [0.1, 0.15) is 0 Å². The van der Waals surface area contributed by atoms with Crippen molar-refractivity contribution in [1.29, 1.82) is 0 Å². The van der Waals surface area contributed by atoms with Gasteiger partial charge in [-0.1, -0.05) is 11.6 Å². The molecule has 25 heavy (non-hydrogen) atoms. The minimum absolute atomic E-state index is 0.0590. The smallest absolute Gasteiger partial charge is 0.321 e. The van der Waals surface area contributed by atoms with Crippen LogP contribution in [0.4, 0.5) is 10.5 Å². The maximum absolute atomic E-state index is 12.7. The van der Waals surface area contributed by atoms with E-state index in [9.17, 15) is 9.59 Å². The first-order valence-corrected chi connectivity index (χ1v) is 9.53. The van der Waals surface area contributed by atoms with Gasteiger partial charge in [-0.25, -0.2) is 4.79 Å². The van der Waals surface area contributed by atoms with Crippen molar-refractivity contribution in [3.63, 3.8) is 0 Å². The fourth-order valence-electron chi connectivity index (χ4n) is 4.21. The molecule has 1 aliphatic carbocycles. The predicted molar refractivity (Wildman–Crippen MR) is 97.7 cm³/mol. The predicted octanol–water partition coefficient (Wildman–Crippen LogP) is 3.74. The van der Waals surface area contributed by atoms with E-state index < -0.39 is 0 Å². The fourth-order valence-corrected chi connectivity index (χ4v) is 4.34. The standard InChI is InChI=1S/C19H24ClN3O2/c20-14-2-4-15(5-3-14)21-18(25)22-11-1-9-19(12-22)10-8-17(24)23(13-19)16-6-7-16/h2-5,16H,1,6-13H2,(H,21,25). The Morgan fingerprint density at radius 1 is 1.16 bits per heavy atom. The fraction of sp³-hybridized carbons (Fsp3) is 0.579. The van der Waals surface area contributed by atoms with Crippen LogP contribution >= 0.6 is 11.6 Å². The molecule has 1 aromatic rings. The van der Waals surface area contributed by atoms with Gasteiger partial charge in [-0.2, -0.15) is 0 Å². The monoisotopic (exact) mass is 361 g/mol. The average molecular weight is 362 g/mol. The maximum Gasteiger partial charge on any atom is 0.321 e. The summed E-state index contributed by atoms with van der Waals surface area (Å²) >= 11 is 5.90. The number of amides is 3. The Kier molecular flexibility index (Phi) is 4.36. The number of carbonyl (C=O) groups is 2. The molecule has 2 saturated heterocycles. The lowest BCUT2D eigenvalue weighted by molar-refractivity contribution is -0.139. The molecule has 1 N–H and O–H groups in total. The van der Waals surface area contributed by atoms with Crippen LogP contribution in [0.5, 0.6) is 0 Å². The molecule has 1 spiro atoms. The lowest BCUT2D eigenvalue weighted by Crippen LogP contribution is -2.56. The van der Waals surface area contributed by atoms with Crippen LogP contribution in [0.3, 0.4) is 0 Å². The van der Waals surface area contributed by atoms with Crippen molar-refractivity contribution in [3.8, 4) is 0 Å². The summed E-state index contributed by atoms with van der Waals surface area (Å²) in [7, 11) is 0. The SMILES string of the molecule is O=C(Nc1ccc(Cl)cc1)N1CCCC2(CCC(=O)N(C3CC3)C2)C1. The molecule has 3 amide bonds. The summed E-state index contributed by atoms with van der Waals surface area (Å²) in [6.45, 7) is 2.34. The van der Waals surface area contributed by atoms with Crippen LogP contribution in [0.25, 0.3) is 0 Å². The number of nitrogens with zero attached hydrogens (tertiary/aromatic N) is 2. The van der Waals surface area contributed by atoms with E-state index >= 15 is 0 Å². The van der Waals surface area contributed by atoms with Gasteiger partial charge in [-0.05, 0) is 56.4 Å². The van der Waals surface area contributed by atoms with Gasteiger partial charge in [0, 0.05) is 48.2 Å². The van der Waals surface area contributed by atoms with Gasteiger partial charge in [-0.3, -0.25) is 4.79 Å². The largest absolute Gasteiger partial charge is 0.339 e. The van der Waals surface area contributed by atoms with Crippen molar-refractivity contribution in [1.82, 2.24) is 9.80 Å². The topological polar surface area (TPSA) is 52.7 Å². The van der Waals surface area contributed by atoms with Gasteiger partial charge in [0.2, 0.25) is 5.91 Å². The van der Waals surface area contributed by atoms with Crippen LogP contribution in [0, 0.1) is 5.41 Å². The number of rotatable bonds is 2. The summed E-state index contributed by atoms with van der Waals surface area (Å²) in [4.78, 5) is 28.9. The third kappa shape index (κ3) is 3.61.